The van der Waals surface area contributed by atoms with Gasteiger partial charge in [-0.1, -0.05) is 30.3 Å². The van der Waals surface area contributed by atoms with E-state index in [2.05, 4.69) is 5.32 Å². The second kappa shape index (κ2) is 7.14. The normalized spacial score (nSPS) is 27.1. The van der Waals surface area contributed by atoms with Gasteiger partial charge in [-0.25, -0.2) is 4.79 Å². The zero-order valence-corrected chi connectivity index (χ0v) is 13.1. The van der Waals surface area contributed by atoms with Crippen molar-refractivity contribution in [3.63, 3.8) is 0 Å². The van der Waals surface area contributed by atoms with E-state index >= 15 is 0 Å². The standard InChI is InChI=1S/C16H22N2O2.ClH/c1-17-15-13-7-8-14(15)10-18(9-13)16(19)20-11-12-5-3-2-4-6-12;/h2-6,13-15,17H,7-11H2,1H3;1H. The van der Waals surface area contributed by atoms with Crippen LogP contribution in [-0.4, -0.2) is 37.2 Å². The third-order valence-electron chi connectivity index (χ3n) is 4.63. The Hall–Kier alpha value is -1.26. The van der Waals surface area contributed by atoms with Crippen LogP contribution in [0.25, 0.3) is 0 Å². The molecule has 1 N–H and O–H groups in total. The molecule has 4 nitrogen and oxygen atoms in total. The average molecular weight is 311 g/mol. The van der Waals surface area contributed by atoms with E-state index in [1.54, 1.807) is 0 Å². The number of nitrogens with zero attached hydrogens (tertiary/aromatic N) is 1. The van der Waals surface area contributed by atoms with Crippen LogP contribution < -0.4 is 5.32 Å². The number of piperidine rings is 1. The quantitative estimate of drug-likeness (QED) is 0.933. The van der Waals surface area contributed by atoms with Crippen molar-refractivity contribution in [3.05, 3.63) is 35.9 Å². The van der Waals surface area contributed by atoms with Crippen molar-refractivity contribution in [1.82, 2.24) is 10.2 Å². The Morgan fingerprint density at radius 2 is 1.86 bits per heavy atom. The number of carbonyl (C=O) groups excluding carboxylic acids is 1. The molecule has 2 unspecified atom stereocenters. The lowest BCUT2D eigenvalue weighted by Crippen LogP contribution is -2.51. The van der Waals surface area contributed by atoms with E-state index in [1.807, 2.05) is 42.3 Å². The van der Waals surface area contributed by atoms with Crippen molar-refractivity contribution >= 4 is 18.5 Å². The maximum Gasteiger partial charge on any atom is 0.410 e. The first kappa shape index (κ1) is 16.1. The number of likely N-dealkylation sites (tertiary alicyclic amines) is 1. The molecule has 3 rings (SSSR count). The summed E-state index contributed by atoms with van der Waals surface area (Å²) in [4.78, 5) is 14.1. The van der Waals surface area contributed by atoms with E-state index in [4.69, 9.17) is 4.74 Å². The summed E-state index contributed by atoms with van der Waals surface area (Å²) in [5.41, 5.74) is 1.04. The molecule has 2 atom stereocenters. The summed E-state index contributed by atoms with van der Waals surface area (Å²) < 4.78 is 5.43. The summed E-state index contributed by atoms with van der Waals surface area (Å²) in [6.45, 7) is 2.02. The van der Waals surface area contributed by atoms with Crippen molar-refractivity contribution in [2.45, 2.75) is 25.5 Å². The third kappa shape index (κ3) is 3.50. The largest absolute Gasteiger partial charge is 0.445 e. The summed E-state index contributed by atoms with van der Waals surface area (Å²) >= 11 is 0. The Kier molecular flexibility index (Phi) is 5.48. The predicted octanol–water partition coefficient (Wildman–Crippen LogP) is 2.67. The number of ether oxygens (including phenoxy) is 1. The maximum atomic E-state index is 12.2. The highest BCUT2D eigenvalue weighted by Crippen LogP contribution is 2.36. The van der Waals surface area contributed by atoms with Crippen molar-refractivity contribution in [2.75, 3.05) is 20.1 Å². The zero-order chi connectivity index (χ0) is 13.9. The SMILES string of the molecule is CNC1C2CCC1CN(C(=O)OCc1ccccc1)C2.Cl. The van der Waals surface area contributed by atoms with Gasteiger partial charge in [-0.05, 0) is 37.3 Å². The fourth-order valence-corrected chi connectivity index (χ4v) is 3.65. The first-order valence-electron chi connectivity index (χ1n) is 7.41. The lowest BCUT2D eigenvalue weighted by atomic mass is 9.93. The van der Waals surface area contributed by atoms with E-state index in [0.29, 0.717) is 24.5 Å². The van der Waals surface area contributed by atoms with Crippen LogP contribution in [-0.2, 0) is 11.3 Å². The van der Waals surface area contributed by atoms with Crippen molar-refractivity contribution in [2.24, 2.45) is 11.8 Å². The molecule has 1 saturated carbocycles. The average Bonchev–Trinajstić information content (AvgIpc) is 2.74. The summed E-state index contributed by atoms with van der Waals surface area (Å²) in [6.07, 6.45) is 2.28. The second-order valence-electron chi connectivity index (χ2n) is 5.86. The number of carbonyl (C=O) groups is 1. The van der Waals surface area contributed by atoms with Crippen molar-refractivity contribution < 1.29 is 9.53 Å². The molecule has 1 amide bonds. The molecular formula is C16H23ClN2O2. The van der Waals surface area contributed by atoms with Crippen LogP contribution in [0.3, 0.4) is 0 Å². The first-order valence-corrected chi connectivity index (χ1v) is 7.41. The van der Waals surface area contributed by atoms with Gasteiger partial charge in [0.15, 0.2) is 0 Å². The molecule has 1 saturated heterocycles. The predicted molar refractivity (Wildman–Crippen MR) is 84.5 cm³/mol. The molecule has 1 aliphatic heterocycles. The van der Waals surface area contributed by atoms with Crippen LogP contribution in [0.5, 0.6) is 0 Å². The first-order chi connectivity index (χ1) is 9.78. The van der Waals surface area contributed by atoms with Crippen LogP contribution in [0.1, 0.15) is 18.4 Å². The fourth-order valence-electron chi connectivity index (χ4n) is 3.65. The van der Waals surface area contributed by atoms with Gasteiger partial charge >= 0.3 is 6.09 Å². The minimum absolute atomic E-state index is 0. The lowest BCUT2D eigenvalue weighted by Gasteiger charge is -2.37. The number of hydrogen-bond donors (Lipinski definition) is 1. The van der Waals surface area contributed by atoms with Crippen LogP contribution in [0.2, 0.25) is 0 Å². The molecule has 1 aromatic carbocycles. The Morgan fingerprint density at radius 1 is 1.24 bits per heavy atom. The number of rotatable bonds is 3. The van der Waals surface area contributed by atoms with Gasteiger partial charge in [-0.3, -0.25) is 0 Å². The molecule has 0 aromatic heterocycles. The number of nitrogens with one attached hydrogen (secondary N) is 1. The van der Waals surface area contributed by atoms with Gasteiger partial charge < -0.3 is 15.0 Å². The van der Waals surface area contributed by atoms with Gasteiger partial charge in [0, 0.05) is 19.1 Å². The molecule has 116 valence electrons. The van der Waals surface area contributed by atoms with Gasteiger partial charge in [0.05, 0.1) is 0 Å². The number of benzene rings is 1. The van der Waals surface area contributed by atoms with Gasteiger partial charge in [-0.2, -0.15) is 0 Å². The number of halogens is 1. The summed E-state index contributed by atoms with van der Waals surface area (Å²) in [5, 5.41) is 3.40. The number of hydrogen-bond acceptors (Lipinski definition) is 3. The molecule has 1 aromatic rings. The maximum absolute atomic E-state index is 12.2. The fraction of sp³-hybridized carbons (Fsp3) is 0.562. The Morgan fingerprint density at radius 3 is 2.43 bits per heavy atom. The smallest absolute Gasteiger partial charge is 0.410 e. The topological polar surface area (TPSA) is 41.6 Å². The highest BCUT2D eigenvalue weighted by Gasteiger charge is 2.42. The molecule has 1 aliphatic carbocycles. The van der Waals surface area contributed by atoms with Crippen molar-refractivity contribution in [3.8, 4) is 0 Å². The van der Waals surface area contributed by atoms with E-state index < -0.39 is 0 Å². The zero-order valence-electron chi connectivity index (χ0n) is 12.3. The van der Waals surface area contributed by atoms with Gasteiger partial charge in [-0.15, -0.1) is 12.4 Å². The molecular weight excluding hydrogens is 288 g/mol. The molecule has 2 bridgehead atoms. The summed E-state index contributed by atoms with van der Waals surface area (Å²) in [7, 11) is 2.03. The summed E-state index contributed by atoms with van der Waals surface area (Å²) in [5.74, 6) is 1.17. The highest BCUT2D eigenvalue weighted by atomic mass is 35.5. The second-order valence-corrected chi connectivity index (χ2v) is 5.86. The van der Waals surface area contributed by atoms with Gasteiger partial charge in [0.25, 0.3) is 0 Å². The lowest BCUT2D eigenvalue weighted by molar-refractivity contribution is 0.0685. The molecule has 2 aliphatic rings. The van der Waals surface area contributed by atoms with E-state index in [0.717, 1.165) is 18.7 Å². The molecule has 0 radical (unpaired) electrons. The Labute approximate surface area is 132 Å². The monoisotopic (exact) mass is 310 g/mol. The number of fused-ring (bicyclic) bond motifs is 2. The Bertz CT molecular complexity index is 455. The third-order valence-corrected chi connectivity index (χ3v) is 4.63. The van der Waals surface area contributed by atoms with Crippen LogP contribution in [0.4, 0.5) is 4.79 Å². The van der Waals surface area contributed by atoms with Crippen molar-refractivity contribution in [1.29, 1.82) is 0 Å². The van der Waals surface area contributed by atoms with E-state index in [9.17, 15) is 4.79 Å². The van der Waals surface area contributed by atoms with E-state index in [1.165, 1.54) is 12.8 Å². The number of amides is 1. The summed E-state index contributed by atoms with van der Waals surface area (Å²) in [6, 6.07) is 10.4. The van der Waals surface area contributed by atoms with Crippen LogP contribution in [0.15, 0.2) is 30.3 Å². The highest BCUT2D eigenvalue weighted by molar-refractivity contribution is 5.85. The minimum atomic E-state index is -0.166. The molecule has 0 spiro atoms. The van der Waals surface area contributed by atoms with Gasteiger partial charge in [0.1, 0.15) is 6.61 Å². The molecule has 21 heavy (non-hydrogen) atoms. The Balaban J connectivity index is 0.00000161. The van der Waals surface area contributed by atoms with Crippen LogP contribution >= 0.6 is 12.4 Å². The molecule has 1 heterocycles. The van der Waals surface area contributed by atoms with Gasteiger partial charge in [0.2, 0.25) is 0 Å². The molecule has 2 fully saturated rings. The minimum Gasteiger partial charge on any atom is -0.445 e. The molecule has 5 heteroatoms. The van der Waals surface area contributed by atoms with E-state index in [-0.39, 0.29) is 18.5 Å². The van der Waals surface area contributed by atoms with Crippen LogP contribution in [0, 0.1) is 11.8 Å².